The first-order chi connectivity index (χ1) is 14.2. The molecule has 1 aliphatic rings. The van der Waals surface area contributed by atoms with Crippen LogP contribution in [0.4, 0.5) is 4.79 Å². The highest BCUT2D eigenvalue weighted by atomic mass is 16.6. The minimum absolute atomic E-state index is 0.0416. The Bertz CT molecular complexity index is 827. The predicted octanol–water partition coefficient (Wildman–Crippen LogP) is 4.40. The van der Waals surface area contributed by atoms with E-state index < -0.39 is 5.60 Å². The Morgan fingerprint density at radius 1 is 1.23 bits per heavy atom. The maximum atomic E-state index is 12.8. The van der Waals surface area contributed by atoms with Gasteiger partial charge in [0.05, 0.1) is 6.26 Å². The summed E-state index contributed by atoms with van der Waals surface area (Å²) in [6, 6.07) is 7.82. The Balaban J connectivity index is 1.52. The van der Waals surface area contributed by atoms with Crippen LogP contribution in [0.15, 0.2) is 41.1 Å². The van der Waals surface area contributed by atoms with E-state index in [9.17, 15) is 9.59 Å². The van der Waals surface area contributed by atoms with Crippen LogP contribution in [0.3, 0.4) is 0 Å². The molecule has 0 bridgehead atoms. The Hall–Kier alpha value is -2.70. The number of amides is 2. The van der Waals surface area contributed by atoms with Crippen LogP contribution in [0.25, 0.3) is 0 Å². The Labute approximate surface area is 178 Å². The maximum Gasteiger partial charge on any atom is 0.410 e. The molecule has 0 aromatic carbocycles. The summed E-state index contributed by atoms with van der Waals surface area (Å²) in [5, 5.41) is 3.09. The zero-order valence-corrected chi connectivity index (χ0v) is 18.4. The molecule has 1 fully saturated rings. The van der Waals surface area contributed by atoms with Crippen LogP contribution in [0.2, 0.25) is 0 Å². The van der Waals surface area contributed by atoms with Crippen LogP contribution in [-0.2, 0) is 11.2 Å². The normalized spacial score (nSPS) is 16.3. The van der Waals surface area contributed by atoms with E-state index in [4.69, 9.17) is 9.15 Å². The number of ether oxygens (including phenoxy) is 1. The van der Waals surface area contributed by atoms with Crippen molar-refractivity contribution in [1.82, 2.24) is 14.8 Å². The second kappa shape index (κ2) is 9.41. The number of aromatic nitrogens is 1. The van der Waals surface area contributed by atoms with Gasteiger partial charge in [-0.3, -0.25) is 4.79 Å². The molecule has 0 radical (unpaired) electrons. The van der Waals surface area contributed by atoms with Crippen LogP contribution in [-0.4, -0.2) is 46.2 Å². The van der Waals surface area contributed by atoms with Crippen LogP contribution in [0.1, 0.15) is 69.2 Å². The molecule has 3 heterocycles. The molecule has 2 amide bonds. The zero-order chi connectivity index (χ0) is 21.7. The largest absolute Gasteiger partial charge is 0.469 e. The van der Waals surface area contributed by atoms with E-state index in [2.05, 4.69) is 5.32 Å². The van der Waals surface area contributed by atoms with E-state index >= 15 is 0 Å². The lowest BCUT2D eigenvalue weighted by Crippen LogP contribution is -2.42. The van der Waals surface area contributed by atoms with Gasteiger partial charge in [0.15, 0.2) is 0 Å². The highest BCUT2D eigenvalue weighted by Gasteiger charge is 2.28. The fraction of sp³-hybridized carbons (Fsp3) is 0.565. The Morgan fingerprint density at radius 2 is 1.97 bits per heavy atom. The maximum absolute atomic E-state index is 12.8. The highest BCUT2D eigenvalue weighted by Crippen LogP contribution is 2.26. The molecule has 1 N–H and O–H groups in total. The third kappa shape index (κ3) is 5.90. The zero-order valence-electron chi connectivity index (χ0n) is 18.4. The summed E-state index contributed by atoms with van der Waals surface area (Å²) in [7, 11) is 0. The van der Waals surface area contributed by atoms with Crippen molar-refractivity contribution in [3.63, 3.8) is 0 Å². The second-order valence-corrected chi connectivity index (χ2v) is 8.99. The van der Waals surface area contributed by atoms with Crippen molar-refractivity contribution in [3.05, 3.63) is 48.2 Å². The summed E-state index contributed by atoms with van der Waals surface area (Å²) >= 11 is 0. The number of nitrogens with one attached hydrogen (secondary N) is 1. The highest BCUT2D eigenvalue weighted by molar-refractivity contribution is 5.93. The first-order valence-electron chi connectivity index (χ1n) is 10.7. The average molecular weight is 416 g/mol. The number of nitrogens with zero attached hydrogens (tertiary/aromatic N) is 2. The van der Waals surface area contributed by atoms with Crippen molar-refractivity contribution in [3.8, 4) is 0 Å². The molecule has 7 nitrogen and oxygen atoms in total. The van der Waals surface area contributed by atoms with E-state index in [1.807, 2.05) is 62.7 Å². The van der Waals surface area contributed by atoms with Crippen LogP contribution in [0.5, 0.6) is 0 Å². The van der Waals surface area contributed by atoms with E-state index in [1.54, 1.807) is 11.2 Å². The smallest absolute Gasteiger partial charge is 0.410 e. The van der Waals surface area contributed by atoms with E-state index in [0.717, 1.165) is 31.4 Å². The van der Waals surface area contributed by atoms with Crippen molar-refractivity contribution in [1.29, 1.82) is 0 Å². The minimum Gasteiger partial charge on any atom is -0.469 e. The van der Waals surface area contributed by atoms with Gasteiger partial charge in [0.1, 0.15) is 17.1 Å². The summed E-state index contributed by atoms with van der Waals surface area (Å²) in [4.78, 5) is 26.9. The van der Waals surface area contributed by atoms with Crippen LogP contribution in [0, 0.1) is 0 Å². The lowest BCUT2D eigenvalue weighted by molar-refractivity contribution is 0.0187. The molecular weight excluding hydrogens is 382 g/mol. The van der Waals surface area contributed by atoms with Gasteiger partial charge in [-0.05, 0) is 71.2 Å². The van der Waals surface area contributed by atoms with Crippen molar-refractivity contribution < 1.29 is 18.7 Å². The number of piperidine rings is 1. The summed E-state index contributed by atoms with van der Waals surface area (Å²) in [6.07, 6.45) is 6.55. The molecule has 3 rings (SSSR count). The van der Waals surface area contributed by atoms with Gasteiger partial charge in [-0.2, -0.15) is 0 Å². The molecule has 2 aromatic heterocycles. The number of carbonyl (C=O) groups is 2. The number of hydrogen-bond acceptors (Lipinski definition) is 4. The molecule has 1 unspecified atom stereocenters. The lowest BCUT2D eigenvalue weighted by Gasteiger charge is -2.34. The summed E-state index contributed by atoms with van der Waals surface area (Å²) < 4.78 is 12.9. The molecule has 30 heavy (non-hydrogen) atoms. The molecule has 164 valence electrons. The number of likely N-dealkylation sites (tertiary alicyclic amines) is 1. The van der Waals surface area contributed by atoms with Gasteiger partial charge >= 0.3 is 6.09 Å². The van der Waals surface area contributed by atoms with E-state index in [1.165, 1.54) is 0 Å². The van der Waals surface area contributed by atoms with Crippen molar-refractivity contribution in [2.45, 2.75) is 71.1 Å². The van der Waals surface area contributed by atoms with Gasteiger partial charge in [0.25, 0.3) is 5.91 Å². The van der Waals surface area contributed by atoms with Crippen LogP contribution < -0.4 is 5.32 Å². The molecule has 1 saturated heterocycles. The number of rotatable bonds is 6. The van der Waals surface area contributed by atoms with Crippen LogP contribution >= 0.6 is 0 Å². The molecule has 1 atom stereocenters. The monoisotopic (exact) mass is 415 g/mol. The first-order valence-corrected chi connectivity index (χ1v) is 10.7. The second-order valence-electron chi connectivity index (χ2n) is 8.99. The van der Waals surface area contributed by atoms with Crippen molar-refractivity contribution >= 4 is 12.0 Å². The molecule has 0 spiro atoms. The van der Waals surface area contributed by atoms with E-state index in [-0.39, 0.29) is 24.1 Å². The number of furan rings is 1. The average Bonchev–Trinajstić information content (AvgIpc) is 3.37. The minimum atomic E-state index is -0.493. The Morgan fingerprint density at radius 3 is 2.60 bits per heavy atom. The van der Waals surface area contributed by atoms with Gasteiger partial charge in [-0.25, -0.2) is 4.79 Å². The fourth-order valence-corrected chi connectivity index (χ4v) is 3.74. The standard InChI is InChI=1S/C23H33N3O4/c1-17(9-10-19-7-6-16-29-19)24-21(27)20-8-5-13-26(20)18-11-14-25(15-12-18)22(28)30-23(2,3)4/h5-8,13,16-18H,9-12,14-15H2,1-4H3,(H,24,27). The number of carbonyl (C=O) groups excluding carboxylic acids is 2. The van der Waals surface area contributed by atoms with Gasteiger partial charge in [0.2, 0.25) is 0 Å². The molecule has 7 heteroatoms. The quantitative estimate of drug-likeness (QED) is 0.758. The van der Waals surface area contributed by atoms with Gasteiger partial charge in [-0.1, -0.05) is 0 Å². The lowest BCUT2D eigenvalue weighted by atomic mass is 10.0. The molecular formula is C23H33N3O4. The van der Waals surface area contributed by atoms with Crippen molar-refractivity contribution in [2.75, 3.05) is 13.1 Å². The first kappa shape index (κ1) is 22.0. The topological polar surface area (TPSA) is 76.7 Å². The van der Waals surface area contributed by atoms with Gasteiger partial charge in [0, 0.05) is 37.8 Å². The third-order valence-electron chi connectivity index (χ3n) is 5.30. The number of aryl methyl sites for hydroxylation is 1. The van der Waals surface area contributed by atoms with Gasteiger partial charge in [-0.15, -0.1) is 0 Å². The van der Waals surface area contributed by atoms with Gasteiger partial charge < -0.3 is 23.9 Å². The summed E-state index contributed by atoms with van der Waals surface area (Å²) in [5.74, 6) is 0.859. The fourth-order valence-electron chi connectivity index (χ4n) is 3.74. The molecule has 0 aliphatic carbocycles. The molecule has 1 aliphatic heterocycles. The molecule has 0 saturated carbocycles. The summed E-state index contributed by atoms with van der Waals surface area (Å²) in [6.45, 7) is 8.87. The van der Waals surface area contributed by atoms with E-state index in [0.29, 0.717) is 18.8 Å². The number of hydrogen-bond donors (Lipinski definition) is 1. The van der Waals surface area contributed by atoms with Crippen molar-refractivity contribution in [2.24, 2.45) is 0 Å². The third-order valence-corrected chi connectivity index (χ3v) is 5.30. The SMILES string of the molecule is CC(CCc1ccco1)NC(=O)c1cccn1C1CCN(C(=O)OC(C)(C)C)CC1. The summed E-state index contributed by atoms with van der Waals surface area (Å²) in [5.41, 5.74) is 0.170. The molecule has 2 aromatic rings. The Kier molecular flexibility index (Phi) is 6.90. The predicted molar refractivity (Wildman–Crippen MR) is 114 cm³/mol.